The van der Waals surface area contributed by atoms with Crippen LogP contribution in [0.1, 0.15) is 5.56 Å². The van der Waals surface area contributed by atoms with Gasteiger partial charge in [-0.2, -0.15) is 0 Å². The molecule has 0 saturated carbocycles. The van der Waals surface area contributed by atoms with E-state index in [1.165, 1.54) is 12.4 Å². The number of rotatable bonds is 2. The van der Waals surface area contributed by atoms with Crippen molar-refractivity contribution in [1.29, 1.82) is 0 Å². The molecule has 0 bridgehead atoms. The number of hydrogen-bond donors (Lipinski definition) is 0. The Morgan fingerprint density at radius 2 is 1.92 bits per heavy atom. The second-order valence-corrected chi connectivity index (χ2v) is 3.03. The second-order valence-electron chi connectivity index (χ2n) is 2.21. The summed E-state index contributed by atoms with van der Waals surface area (Å²) in [7, 11) is 0. The number of aromatic nitrogens is 1. The van der Waals surface area contributed by atoms with Crippen LogP contribution >= 0.6 is 23.2 Å². The molecule has 0 spiro atoms. The van der Waals surface area contributed by atoms with Crippen molar-refractivity contribution in [2.75, 3.05) is 6.54 Å². The van der Waals surface area contributed by atoms with Crippen LogP contribution in [0.5, 0.6) is 0 Å². The topological polar surface area (TPSA) is 17.2 Å². The van der Waals surface area contributed by atoms with Gasteiger partial charge in [-0.15, -0.1) is 0 Å². The van der Waals surface area contributed by atoms with Gasteiger partial charge in [-0.3, -0.25) is 4.98 Å². The summed E-state index contributed by atoms with van der Waals surface area (Å²) in [6, 6.07) is 0. The normalized spacial score (nSPS) is 9.42. The first-order valence-corrected chi connectivity index (χ1v) is 4.12. The van der Waals surface area contributed by atoms with Crippen LogP contribution in [-0.4, -0.2) is 11.5 Å². The summed E-state index contributed by atoms with van der Waals surface area (Å²) in [5, 5.41) is 1.07. The molecule has 0 aliphatic heterocycles. The van der Waals surface area contributed by atoms with Gasteiger partial charge < -0.3 is 4.85 Å². The molecule has 0 fully saturated rings. The van der Waals surface area contributed by atoms with Gasteiger partial charge in [0.05, 0.1) is 10.0 Å². The zero-order chi connectivity index (χ0) is 8.97. The summed E-state index contributed by atoms with van der Waals surface area (Å²) in [5.41, 5.74) is 0.810. The van der Waals surface area contributed by atoms with E-state index in [0.29, 0.717) is 23.0 Å². The fourth-order valence-corrected chi connectivity index (χ4v) is 1.40. The molecule has 1 aromatic heterocycles. The van der Waals surface area contributed by atoms with Crippen LogP contribution in [0.2, 0.25) is 10.0 Å². The van der Waals surface area contributed by atoms with E-state index in [0.717, 1.165) is 5.56 Å². The van der Waals surface area contributed by atoms with Gasteiger partial charge >= 0.3 is 0 Å². The first-order valence-electron chi connectivity index (χ1n) is 3.37. The van der Waals surface area contributed by atoms with Crippen LogP contribution in [0.3, 0.4) is 0 Å². The second kappa shape index (κ2) is 4.30. The van der Waals surface area contributed by atoms with Crippen molar-refractivity contribution in [1.82, 2.24) is 4.98 Å². The Hall–Kier alpha value is -0.780. The fourth-order valence-electron chi connectivity index (χ4n) is 0.845. The molecular formula is C8H6Cl2N2. The summed E-state index contributed by atoms with van der Waals surface area (Å²) < 4.78 is 0. The molecule has 4 heteroatoms. The van der Waals surface area contributed by atoms with Crippen LogP contribution in [0, 0.1) is 6.57 Å². The third kappa shape index (κ3) is 2.10. The molecule has 1 heterocycles. The first kappa shape index (κ1) is 9.31. The minimum atomic E-state index is 0.406. The number of nitrogens with zero attached hydrogens (tertiary/aromatic N) is 2. The molecule has 0 unspecified atom stereocenters. The minimum Gasteiger partial charge on any atom is -0.317 e. The average Bonchev–Trinajstić information content (AvgIpc) is 2.04. The van der Waals surface area contributed by atoms with Gasteiger partial charge in [0.1, 0.15) is 0 Å². The predicted molar refractivity (Wildman–Crippen MR) is 49.4 cm³/mol. The van der Waals surface area contributed by atoms with Crippen molar-refractivity contribution in [2.45, 2.75) is 6.42 Å². The molecule has 0 amide bonds. The SMILES string of the molecule is [C-]#[N+]CCc1c(Cl)cncc1Cl. The lowest BCUT2D eigenvalue weighted by Gasteiger charge is -2.00. The Kier molecular flexibility index (Phi) is 3.33. The lowest BCUT2D eigenvalue weighted by atomic mass is 10.2. The molecule has 2 nitrogen and oxygen atoms in total. The number of pyridine rings is 1. The fraction of sp³-hybridized carbons (Fsp3) is 0.250. The van der Waals surface area contributed by atoms with E-state index in [2.05, 4.69) is 9.83 Å². The Balaban J connectivity index is 2.90. The average molecular weight is 201 g/mol. The molecule has 1 aromatic rings. The Morgan fingerprint density at radius 1 is 1.33 bits per heavy atom. The van der Waals surface area contributed by atoms with Gasteiger partial charge in [-0.25, -0.2) is 6.57 Å². The highest BCUT2D eigenvalue weighted by Crippen LogP contribution is 2.22. The molecule has 1 rings (SSSR count). The smallest absolute Gasteiger partial charge is 0.218 e. The van der Waals surface area contributed by atoms with E-state index in [1.807, 2.05) is 0 Å². The van der Waals surface area contributed by atoms with E-state index in [-0.39, 0.29) is 0 Å². The lowest BCUT2D eigenvalue weighted by molar-refractivity contribution is 1.07. The molecule has 0 aliphatic rings. The summed E-state index contributed by atoms with van der Waals surface area (Å²) in [5.74, 6) is 0. The van der Waals surface area contributed by atoms with Crippen LogP contribution in [0.15, 0.2) is 12.4 Å². The zero-order valence-electron chi connectivity index (χ0n) is 6.22. The predicted octanol–water partition coefficient (Wildman–Crippen LogP) is 2.85. The maximum absolute atomic E-state index is 6.62. The third-order valence-electron chi connectivity index (χ3n) is 1.43. The van der Waals surface area contributed by atoms with Gasteiger partial charge in [-0.05, 0) is 5.56 Å². The van der Waals surface area contributed by atoms with E-state index < -0.39 is 0 Å². The van der Waals surface area contributed by atoms with E-state index in [1.54, 1.807) is 0 Å². The summed E-state index contributed by atoms with van der Waals surface area (Å²) in [6.07, 6.45) is 3.66. The lowest BCUT2D eigenvalue weighted by Crippen LogP contribution is -1.91. The monoisotopic (exact) mass is 200 g/mol. The number of halogens is 2. The Morgan fingerprint density at radius 3 is 2.42 bits per heavy atom. The zero-order valence-corrected chi connectivity index (χ0v) is 7.73. The van der Waals surface area contributed by atoms with Crippen LogP contribution in [0.25, 0.3) is 4.85 Å². The molecule has 0 N–H and O–H groups in total. The molecule has 12 heavy (non-hydrogen) atoms. The summed E-state index contributed by atoms with van der Waals surface area (Å²) in [6.45, 7) is 7.02. The third-order valence-corrected chi connectivity index (χ3v) is 2.08. The van der Waals surface area contributed by atoms with Gasteiger partial charge in [-0.1, -0.05) is 23.2 Å². The summed E-state index contributed by atoms with van der Waals surface area (Å²) >= 11 is 11.6. The number of hydrogen-bond acceptors (Lipinski definition) is 1. The molecule has 0 aromatic carbocycles. The largest absolute Gasteiger partial charge is 0.317 e. The van der Waals surface area contributed by atoms with Crippen molar-refractivity contribution < 1.29 is 0 Å². The van der Waals surface area contributed by atoms with Gasteiger partial charge in [0.25, 0.3) is 0 Å². The minimum absolute atomic E-state index is 0.406. The van der Waals surface area contributed by atoms with Crippen molar-refractivity contribution in [3.05, 3.63) is 39.4 Å². The highest BCUT2D eigenvalue weighted by atomic mass is 35.5. The van der Waals surface area contributed by atoms with E-state index in [4.69, 9.17) is 29.8 Å². The maximum atomic E-state index is 6.62. The molecular weight excluding hydrogens is 195 g/mol. The standard InChI is InChI=1S/C8H6Cl2N2/c1-11-3-2-6-7(9)4-12-5-8(6)10/h4-5H,2-3H2. The van der Waals surface area contributed by atoms with E-state index >= 15 is 0 Å². The highest BCUT2D eigenvalue weighted by Gasteiger charge is 2.06. The van der Waals surface area contributed by atoms with Crippen molar-refractivity contribution in [2.24, 2.45) is 0 Å². The maximum Gasteiger partial charge on any atom is 0.218 e. The van der Waals surface area contributed by atoms with Crippen LogP contribution < -0.4 is 0 Å². The quantitative estimate of drug-likeness (QED) is 0.672. The molecule has 0 saturated heterocycles. The molecule has 0 atom stereocenters. The van der Waals surface area contributed by atoms with Crippen molar-refractivity contribution in [3.63, 3.8) is 0 Å². The molecule has 62 valence electrons. The Labute approximate surface area is 81.0 Å². The van der Waals surface area contributed by atoms with Crippen molar-refractivity contribution in [3.8, 4) is 0 Å². The molecule has 0 aliphatic carbocycles. The van der Waals surface area contributed by atoms with E-state index in [9.17, 15) is 0 Å². The Bertz CT molecular complexity index is 297. The molecule has 0 radical (unpaired) electrons. The van der Waals surface area contributed by atoms with Crippen LogP contribution in [0.4, 0.5) is 0 Å². The highest BCUT2D eigenvalue weighted by molar-refractivity contribution is 6.35. The van der Waals surface area contributed by atoms with Gasteiger partial charge in [0.15, 0.2) is 0 Å². The summed E-state index contributed by atoms with van der Waals surface area (Å²) in [4.78, 5) is 7.04. The van der Waals surface area contributed by atoms with Crippen LogP contribution in [-0.2, 0) is 6.42 Å². The van der Waals surface area contributed by atoms with Gasteiger partial charge in [0, 0.05) is 18.8 Å². The first-order chi connectivity index (χ1) is 5.75. The van der Waals surface area contributed by atoms with Gasteiger partial charge in [0.2, 0.25) is 6.54 Å². The van der Waals surface area contributed by atoms with Crippen molar-refractivity contribution >= 4 is 23.2 Å².